The molecule has 0 radical (unpaired) electrons. The lowest BCUT2D eigenvalue weighted by Crippen LogP contribution is -2.32. The predicted octanol–water partition coefficient (Wildman–Crippen LogP) is 3.66. The Morgan fingerprint density at radius 1 is 1.21 bits per heavy atom. The summed E-state index contributed by atoms with van der Waals surface area (Å²) in [6, 6.07) is 15.9. The minimum Gasteiger partial charge on any atom is -0.285 e. The Morgan fingerprint density at radius 3 is 2.71 bits per heavy atom. The second-order valence-electron chi connectivity index (χ2n) is 6.01. The maximum Gasteiger partial charge on any atom is 0.269 e. The molecule has 7 nitrogen and oxygen atoms in total. The number of hydrogen-bond acceptors (Lipinski definition) is 6. The van der Waals surface area contributed by atoms with Crippen LogP contribution in [0, 0.1) is 10.1 Å². The van der Waals surface area contributed by atoms with Crippen molar-refractivity contribution in [3.8, 4) is 0 Å². The lowest BCUT2D eigenvalue weighted by molar-refractivity contribution is -0.384. The smallest absolute Gasteiger partial charge is 0.269 e. The highest BCUT2D eigenvalue weighted by molar-refractivity contribution is 8.15. The highest BCUT2D eigenvalue weighted by Crippen LogP contribution is 2.30. The first-order chi connectivity index (χ1) is 13.6. The van der Waals surface area contributed by atoms with Crippen molar-refractivity contribution in [1.82, 2.24) is 4.90 Å². The van der Waals surface area contributed by atoms with Gasteiger partial charge in [-0.3, -0.25) is 19.8 Å². The molecule has 0 unspecified atom stereocenters. The number of nitro groups is 1. The van der Waals surface area contributed by atoms with E-state index in [2.05, 4.69) is 16.8 Å². The number of nitro benzene ring substituents is 1. The van der Waals surface area contributed by atoms with Crippen molar-refractivity contribution in [3.63, 3.8) is 0 Å². The van der Waals surface area contributed by atoms with Crippen LogP contribution in [0.5, 0.6) is 0 Å². The molecule has 1 atom stereocenters. The van der Waals surface area contributed by atoms with Gasteiger partial charge < -0.3 is 0 Å². The number of carbonyl (C=O) groups is 1. The van der Waals surface area contributed by atoms with E-state index in [0.29, 0.717) is 18.1 Å². The van der Waals surface area contributed by atoms with Crippen LogP contribution < -0.4 is 0 Å². The zero-order valence-electron chi connectivity index (χ0n) is 15.0. The molecule has 1 aliphatic heterocycles. The minimum atomic E-state index is -0.442. The first-order valence-electron chi connectivity index (χ1n) is 8.57. The van der Waals surface area contributed by atoms with E-state index in [1.165, 1.54) is 28.8 Å². The Balaban J connectivity index is 1.77. The van der Waals surface area contributed by atoms with Crippen molar-refractivity contribution in [3.05, 3.63) is 88.5 Å². The summed E-state index contributed by atoms with van der Waals surface area (Å²) in [6.07, 6.45) is 3.63. The third-order valence-electron chi connectivity index (χ3n) is 4.02. The van der Waals surface area contributed by atoms with Gasteiger partial charge in [-0.15, -0.1) is 11.7 Å². The summed E-state index contributed by atoms with van der Waals surface area (Å²) >= 11 is 1.31. The van der Waals surface area contributed by atoms with Gasteiger partial charge in [-0.25, -0.2) is 0 Å². The lowest BCUT2D eigenvalue weighted by Gasteiger charge is -2.12. The molecular formula is C20H18N4O3S. The molecule has 0 saturated carbocycles. The zero-order chi connectivity index (χ0) is 19.9. The Morgan fingerprint density at radius 2 is 2.00 bits per heavy atom. The molecule has 1 aliphatic rings. The third kappa shape index (κ3) is 4.72. The molecule has 1 saturated heterocycles. The summed E-state index contributed by atoms with van der Waals surface area (Å²) in [4.78, 5) is 24.8. The van der Waals surface area contributed by atoms with Gasteiger partial charge in [0, 0.05) is 18.7 Å². The average Bonchev–Trinajstić information content (AvgIpc) is 2.98. The first kappa shape index (κ1) is 19.5. The Kier molecular flexibility index (Phi) is 6.33. The molecular weight excluding hydrogens is 376 g/mol. The predicted molar refractivity (Wildman–Crippen MR) is 112 cm³/mol. The van der Waals surface area contributed by atoms with Crippen LogP contribution in [0.25, 0.3) is 0 Å². The lowest BCUT2D eigenvalue weighted by atomic mass is 10.1. The normalized spacial score (nSPS) is 18.1. The molecule has 8 heteroatoms. The molecule has 0 bridgehead atoms. The molecule has 0 N–H and O–H groups in total. The maximum absolute atomic E-state index is 12.8. The standard InChI is InChI=1S/C20H18N4O3S/c1-2-11-23-19(25)18(13-16-9-6-10-17(12-16)24(26)27)28-20(23)22-21-14-15-7-4-3-5-8-15/h2-10,12,14,18H,1,11,13H2/b21-14-,22-20-/t18-/m1/s1. The zero-order valence-corrected chi connectivity index (χ0v) is 15.8. The van der Waals surface area contributed by atoms with E-state index < -0.39 is 10.2 Å². The second kappa shape index (κ2) is 9.09. The van der Waals surface area contributed by atoms with Crippen LogP contribution in [0.15, 0.2) is 77.5 Å². The van der Waals surface area contributed by atoms with Gasteiger partial charge in [-0.2, -0.15) is 5.10 Å². The summed E-state index contributed by atoms with van der Waals surface area (Å²) in [5.41, 5.74) is 1.65. The van der Waals surface area contributed by atoms with Crippen molar-refractivity contribution in [2.75, 3.05) is 6.54 Å². The molecule has 1 fully saturated rings. The van der Waals surface area contributed by atoms with E-state index >= 15 is 0 Å². The molecule has 1 heterocycles. The largest absolute Gasteiger partial charge is 0.285 e. The van der Waals surface area contributed by atoms with Crippen LogP contribution in [0.3, 0.4) is 0 Å². The number of nitrogens with zero attached hydrogens (tertiary/aromatic N) is 4. The van der Waals surface area contributed by atoms with Crippen molar-refractivity contribution in [2.45, 2.75) is 11.7 Å². The maximum atomic E-state index is 12.8. The molecule has 0 spiro atoms. The highest BCUT2D eigenvalue weighted by Gasteiger charge is 2.37. The molecule has 0 aliphatic carbocycles. The topological polar surface area (TPSA) is 88.2 Å². The van der Waals surface area contributed by atoms with E-state index in [9.17, 15) is 14.9 Å². The van der Waals surface area contributed by atoms with Gasteiger partial charge >= 0.3 is 0 Å². The van der Waals surface area contributed by atoms with Gasteiger partial charge in [0.05, 0.1) is 16.4 Å². The summed E-state index contributed by atoms with van der Waals surface area (Å²) in [6.45, 7) is 4.02. The van der Waals surface area contributed by atoms with Crippen LogP contribution in [-0.4, -0.2) is 38.9 Å². The summed E-state index contributed by atoms with van der Waals surface area (Å²) in [5, 5.41) is 19.3. The quantitative estimate of drug-likeness (QED) is 0.310. The summed E-state index contributed by atoms with van der Waals surface area (Å²) < 4.78 is 0. The molecule has 2 aromatic rings. The SMILES string of the molecule is C=CCN1C(=O)[C@@H](Cc2cccc([N+](=O)[O-])c2)S/C1=N\N=C/c1ccccc1. The van der Waals surface area contributed by atoms with Gasteiger partial charge in [0.25, 0.3) is 5.69 Å². The van der Waals surface area contributed by atoms with E-state index in [4.69, 9.17) is 0 Å². The number of thioether (sulfide) groups is 1. The number of benzene rings is 2. The fraction of sp³-hybridized carbons (Fsp3) is 0.150. The van der Waals surface area contributed by atoms with Crippen LogP contribution in [0.1, 0.15) is 11.1 Å². The van der Waals surface area contributed by atoms with E-state index in [1.807, 2.05) is 30.3 Å². The molecule has 2 aromatic carbocycles. The van der Waals surface area contributed by atoms with Gasteiger partial charge in [0.2, 0.25) is 5.91 Å². The van der Waals surface area contributed by atoms with Gasteiger partial charge in [-0.1, -0.05) is 60.3 Å². The Bertz CT molecular complexity index is 943. The Hall–Kier alpha value is -3.26. The van der Waals surface area contributed by atoms with E-state index in [1.54, 1.807) is 24.4 Å². The van der Waals surface area contributed by atoms with Crippen LogP contribution in [0.4, 0.5) is 5.69 Å². The van der Waals surface area contributed by atoms with E-state index in [-0.39, 0.29) is 11.6 Å². The third-order valence-corrected chi connectivity index (χ3v) is 5.19. The fourth-order valence-electron chi connectivity index (χ4n) is 2.71. The summed E-state index contributed by atoms with van der Waals surface area (Å²) in [5.74, 6) is -0.106. The number of amidine groups is 1. The minimum absolute atomic E-state index is 0.0113. The van der Waals surface area contributed by atoms with Crippen molar-refractivity contribution < 1.29 is 9.72 Å². The number of hydrogen-bond donors (Lipinski definition) is 0. The second-order valence-corrected chi connectivity index (χ2v) is 7.18. The van der Waals surface area contributed by atoms with Crippen molar-refractivity contribution in [2.24, 2.45) is 10.2 Å². The fourth-order valence-corrected chi connectivity index (χ4v) is 3.85. The average molecular weight is 394 g/mol. The molecule has 3 rings (SSSR count). The van der Waals surface area contributed by atoms with Crippen molar-refractivity contribution in [1.29, 1.82) is 0 Å². The molecule has 0 aromatic heterocycles. The highest BCUT2D eigenvalue weighted by atomic mass is 32.2. The van der Waals surface area contributed by atoms with Gasteiger partial charge in [-0.05, 0) is 17.5 Å². The van der Waals surface area contributed by atoms with Crippen LogP contribution in [0.2, 0.25) is 0 Å². The van der Waals surface area contributed by atoms with Gasteiger partial charge in [0.15, 0.2) is 5.17 Å². The molecule has 1 amide bonds. The van der Waals surface area contributed by atoms with E-state index in [0.717, 1.165) is 11.1 Å². The number of amides is 1. The monoisotopic (exact) mass is 394 g/mol. The van der Waals surface area contributed by atoms with Crippen LogP contribution in [-0.2, 0) is 11.2 Å². The molecule has 28 heavy (non-hydrogen) atoms. The van der Waals surface area contributed by atoms with Crippen molar-refractivity contribution >= 4 is 34.7 Å². The Labute approximate surface area is 166 Å². The van der Waals surface area contributed by atoms with Gasteiger partial charge in [0.1, 0.15) is 0 Å². The molecule has 142 valence electrons. The number of rotatable bonds is 7. The number of non-ortho nitro benzene ring substituents is 1. The van der Waals surface area contributed by atoms with Crippen LogP contribution >= 0.6 is 11.8 Å². The summed E-state index contributed by atoms with van der Waals surface area (Å²) in [7, 11) is 0. The first-order valence-corrected chi connectivity index (χ1v) is 9.45. The number of carbonyl (C=O) groups excluding carboxylic acids is 1.